The highest BCUT2D eigenvalue weighted by molar-refractivity contribution is 9.10. The highest BCUT2D eigenvalue weighted by Gasteiger charge is 2.32. The van der Waals surface area contributed by atoms with Gasteiger partial charge in [0.05, 0.1) is 6.42 Å². The molecule has 3 aromatic carbocycles. The topological polar surface area (TPSA) is 49.4 Å². The molecular formula is C32H37BrN2O2. The van der Waals surface area contributed by atoms with Crippen molar-refractivity contribution in [3.8, 4) is 0 Å². The van der Waals surface area contributed by atoms with Crippen LogP contribution in [0.3, 0.4) is 0 Å². The number of aryl methyl sites for hydroxylation is 2. The second-order valence-corrected chi connectivity index (χ2v) is 11.2. The van der Waals surface area contributed by atoms with Gasteiger partial charge in [-0.05, 0) is 61.1 Å². The first-order chi connectivity index (χ1) is 17.9. The summed E-state index contributed by atoms with van der Waals surface area (Å²) in [5.74, 6) is -0.0847. The maximum Gasteiger partial charge on any atom is 0.243 e. The average molecular weight is 562 g/mol. The predicted molar refractivity (Wildman–Crippen MR) is 153 cm³/mol. The quantitative estimate of drug-likeness (QED) is 0.316. The van der Waals surface area contributed by atoms with Gasteiger partial charge in [-0.15, -0.1) is 0 Å². The number of halogens is 1. The van der Waals surface area contributed by atoms with Gasteiger partial charge >= 0.3 is 0 Å². The van der Waals surface area contributed by atoms with E-state index < -0.39 is 6.04 Å². The molecule has 0 aliphatic heterocycles. The first kappa shape index (κ1) is 27.1. The molecule has 37 heavy (non-hydrogen) atoms. The Kier molecular flexibility index (Phi) is 9.56. The largest absolute Gasteiger partial charge is 0.352 e. The van der Waals surface area contributed by atoms with E-state index in [0.29, 0.717) is 13.0 Å². The van der Waals surface area contributed by atoms with Gasteiger partial charge < -0.3 is 10.2 Å². The van der Waals surface area contributed by atoms with Crippen molar-refractivity contribution in [2.75, 3.05) is 0 Å². The third-order valence-corrected chi connectivity index (χ3v) is 7.86. The van der Waals surface area contributed by atoms with Crippen molar-refractivity contribution >= 4 is 27.7 Å². The second kappa shape index (κ2) is 13.0. The fourth-order valence-corrected chi connectivity index (χ4v) is 5.40. The van der Waals surface area contributed by atoms with Crippen LogP contribution in [-0.4, -0.2) is 28.8 Å². The molecule has 1 N–H and O–H groups in total. The molecule has 1 aliphatic rings. The van der Waals surface area contributed by atoms with Gasteiger partial charge in [0.25, 0.3) is 0 Å². The van der Waals surface area contributed by atoms with E-state index in [9.17, 15) is 9.59 Å². The monoisotopic (exact) mass is 560 g/mol. The third-order valence-electron chi connectivity index (χ3n) is 7.34. The van der Waals surface area contributed by atoms with Crippen molar-refractivity contribution < 1.29 is 9.59 Å². The smallest absolute Gasteiger partial charge is 0.243 e. The van der Waals surface area contributed by atoms with Gasteiger partial charge in [-0.3, -0.25) is 9.59 Å². The van der Waals surface area contributed by atoms with Crippen LogP contribution < -0.4 is 5.32 Å². The molecule has 5 heteroatoms. The van der Waals surface area contributed by atoms with Crippen LogP contribution >= 0.6 is 15.9 Å². The molecule has 0 saturated heterocycles. The number of carbonyl (C=O) groups is 2. The summed E-state index contributed by atoms with van der Waals surface area (Å²) in [5, 5.41) is 3.31. The van der Waals surface area contributed by atoms with Gasteiger partial charge in [0, 0.05) is 23.5 Å². The molecule has 194 valence electrons. The zero-order chi connectivity index (χ0) is 26.2. The molecule has 0 unspecified atom stereocenters. The maximum atomic E-state index is 14.0. The van der Waals surface area contributed by atoms with E-state index in [2.05, 4.69) is 39.4 Å². The lowest BCUT2D eigenvalue weighted by atomic mass is 9.94. The molecule has 0 spiro atoms. The summed E-state index contributed by atoms with van der Waals surface area (Å²) in [5.41, 5.74) is 5.28. The number of hydrogen-bond acceptors (Lipinski definition) is 2. The molecular weight excluding hydrogens is 524 g/mol. The minimum atomic E-state index is -0.592. The van der Waals surface area contributed by atoms with Crippen LogP contribution in [0, 0.1) is 13.8 Å². The molecule has 4 rings (SSSR count). The van der Waals surface area contributed by atoms with Crippen molar-refractivity contribution in [2.24, 2.45) is 0 Å². The maximum absolute atomic E-state index is 14.0. The lowest BCUT2D eigenvalue weighted by molar-refractivity contribution is -0.141. The number of amides is 2. The Balaban J connectivity index is 1.67. The molecule has 0 radical (unpaired) electrons. The molecule has 1 atom stereocenters. The second-order valence-electron chi connectivity index (χ2n) is 10.3. The number of rotatable bonds is 9. The fraction of sp³-hybridized carbons (Fsp3) is 0.375. The van der Waals surface area contributed by atoms with Gasteiger partial charge in [-0.2, -0.15) is 0 Å². The zero-order valence-corrected chi connectivity index (χ0v) is 23.5. The zero-order valence-electron chi connectivity index (χ0n) is 21.9. The average Bonchev–Trinajstić information content (AvgIpc) is 2.90. The first-order valence-corrected chi connectivity index (χ1v) is 14.1. The SMILES string of the molecule is Cc1ccc(C)c(CC(=O)N(Cc2ccc(Br)cc2)[C@H](Cc2ccccc2)C(=O)NC2CCCCC2)c1. The highest BCUT2D eigenvalue weighted by Crippen LogP contribution is 2.22. The van der Waals surface area contributed by atoms with Crippen LogP contribution in [0.1, 0.15) is 59.9 Å². The van der Waals surface area contributed by atoms with Crippen molar-refractivity contribution in [2.45, 2.75) is 77.4 Å². The molecule has 0 bridgehead atoms. The standard InChI is InChI=1S/C32H37BrN2O2/c1-23-13-14-24(2)27(19-23)21-31(36)35(22-26-15-17-28(33)18-16-26)30(20-25-9-5-3-6-10-25)32(37)34-29-11-7-4-8-12-29/h3,5-6,9-10,13-19,29-30H,4,7-8,11-12,20-22H2,1-2H3,(H,34,37)/t30-/m1/s1. The van der Waals surface area contributed by atoms with Gasteiger partial charge in [-0.25, -0.2) is 0 Å². The number of benzene rings is 3. The Morgan fingerprint density at radius 1 is 0.919 bits per heavy atom. The Labute approximate surface area is 229 Å². The molecule has 4 nitrogen and oxygen atoms in total. The van der Waals surface area contributed by atoms with Gasteiger partial charge in [0.2, 0.25) is 11.8 Å². The van der Waals surface area contributed by atoms with Gasteiger partial charge in [0.1, 0.15) is 6.04 Å². The number of carbonyl (C=O) groups excluding carboxylic acids is 2. The fourth-order valence-electron chi connectivity index (χ4n) is 5.14. The van der Waals surface area contributed by atoms with E-state index in [1.165, 1.54) is 6.42 Å². The van der Waals surface area contributed by atoms with E-state index in [1.807, 2.05) is 68.4 Å². The van der Waals surface area contributed by atoms with Crippen molar-refractivity contribution in [3.05, 3.63) is 105 Å². The van der Waals surface area contributed by atoms with Crippen LogP contribution in [-0.2, 0) is 29.0 Å². The van der Waals surface area contributed by atoms with E-state index >= 15 is 0 Å². The van der Waals surface area contributed by atoms with Gasteiger partial charge in [0.15, 0.2) is 0 Å². The summed E-state index contributed by atoms with van der Waals surface area (Å²) in [6, 6.07) is 23.8. The van der Waals surface area contributed by atoms with Crippen LogP contribution in [0.4, 0.5) is 0 Å². The number of nitrogens with zero attached hydrogens (tertiary/aromatic N) is 1. The van der Waals surface area contributed by atoms with Crippen molar-refractivity contribution in [3.63, 3.8) is 0 Å². The lowest BCUT2D eigenvalue weighted by Gasteiger charge is -2.33. The summed E-state index contributed by atoms with van der Waals surface area (Å²) in [6.45, 7) is 4.47. The molecule has 1 saturated carbocycles. The minimum Gasteiger partial charge on any atom is -0.352 e. The summed E-state index contributed by atoms with van der Waals surface area (Å²) >= 11 is 3.51. The summed E-state index contributed by atoms with van der Waals surface area (Å²) < 4.78 is 0.986. The molecule has 0 aromatic heterocycles. The van der Waals surface area contributed by atoms with Crippen LogP contribution in [0.15, 0.2) is 77.3 Å². The van der Waals surface area contributed by atoms with E-state index in [0.717, 1.165) is 58.0 Å². The first-order valence-electron chi connectivity index (χ1n) is 13.3. The normalized spacial score (nSPS) is 14.7. The molecule has 1 aliphatic carbocycles. The van der Waals surface area contributed by atoms with Crippen molar-refractivity contribution in [1.29, 1.82) is 0 Å². The Bertz CT molecular complexity index is 1190. The summed E-state index contributed by atoms with van der Waals surface area (Å²) in [7, 11) is 0. The van der Waals surface area contributed by atoms with E-state index in [-0.39, 0.29) is 24.3 Å². The minimum absolute atomic E-state index is 0.0312. The third kappa shape index (κ3) is 7.78. The molecule has 3 aromatic rings. The van der Waals surface area contributed by atoms with Gasteiger partial charge in [-0.1, -0.05) is 101 Å². The number of hydrogen-bond donors (Lipinski definition) is 1. The predicted octanol–water partition coefficient (Wildman–Crippen LogP) is 6.70. The number of nitrogens with one attached hydrogen (secondary N) is 1. The van der Waals surface area contributed by atoms with Crippen LogP contribution in [0.2, 0.25) is 0 Å². The molecule has 1 fully saturated rings. The van der Waals surface area contributed by atoms with E-state index in [4.69, 9.17) is 0 Å². The van der Waals surface area contributed by atoms with Crippen molar-refractivity contribution in [1.82, 2.24) is 10.2 Å². The summed E-state index contributed by atoms with van der Waals surface area (Å²) in [6.07, 6.45) is 6.27. The molecule has 0 heterocycles. The summed E-state index contributed by atoms with van der Waals surface area (Å²) in [4.78, 5) is 29.7. The van der Waals surface area contributed by atoms with Crippen LogP contribution in [0.5, 0.6) is 0 Å². The Hall–Kier alpha value is -2.92. The molecule has 2 amide bonds. The van der Waals surface area contributed by atoms with Crippen LogP contribution in [0.25, 0.3) is 0 Å². The lowest BCUT2D eigenvalue weighted by Crippen LogP contribution is -2.53. The highest BCUT2D eigenvalue weighted by atomic mass is 79.9. The Morgan fingerprint density at radius 2 is 1.62 bits per heavy atom. The van der Waals surface area contributed by atoms with E-state index in [1.54, 1.807) is 4.90 Å². The Morgan fingerprint density at radius 3 is 2.32 bits per heavy atom.